The Morgan fingerprint density at radius 3 is 3.00 bits per heavy atom. The van der Waals surface area contributed by atoms with Crippen molar-refractivity contribution in [1.29, 1.82) is 5.26 Å². The number of aryl methyl sites for hydroxylation is 1. The monoisotopic (exact) mass is 219 g/mol. The second kappa shape index (κ2) is 3.64. The van der Waals surface area contributed by atoms with E-state index in [-0.39, 0.29) is 0 Å². The molecule has 0 aliphatic carbocycles. The Kier molecular flexibility index (Phi) is 2.49. The highest BCUT2D eigenvalue weighted by molar-refractivity contribution is 7.80. The van der Waals surface area contributed by atoms with Gasteiger partial charge in [0.05, 0.1) is 10.3 Å². The minimum atomic E-state index is 0.815. The number of fused-ring (bicyclic) bond motifs is 1. The molecule has 0 N–H and O–H groups in total. The molecule has 0 radical (unpaired) electrons. The topological polar surface area (TPSA) is 23.8 Å². The van der Waals surface area contributed by atoms with Gasteiger partial charge in [-0.25, -0.2) is 0 Å². The summed E-state index contributed by atoms with van der Waals surface area (Å²) < 4.78 is 1.07. The van der Waals surface area contributed by atoms with Crippen molar-refractivity contribution in [2.24, 2.45) is 0 Å². The molecule has 0 unspecified atom stereocenters. The molecule has 70 valence electrons. The molecule has 0 saturated heterocycles. The highest BCUT2D eigenvalue weighted by Gasteiger charge is 2.09. The van der Waals surface area contributed by atoms with Crippen LogP contribution in [0.25, 0.3) is 10.1 Å². The van der Waals surface area contributed by atoms with E-state index in [0.717, 1.165) is 32.5 Å². The molecule has 0 amide bonds. The quantitative estimate of drug-likeness (QED) is 0.728. The molecule has 2 rings (SSSR count). The Balaban J connectivity index is 2.91. The van der Waals surface area contributed by atoms with E-state index in [1.165, 1.54) is 0 Å². The molecule has 2 aromatic rings. The first-order valence-corrected chi connectivity index (χ1v) is 5.72. The highest BCUT2D eigenvalue weighted by Crippen LogP contribution is 2.32. The Hall–Kier alpha value is -0.980. The minimum Gasteiger partial charge on any atom is -0.192 e. The first kappa shape index (κ1) is 9.57. The summed E-state index contributed by atoms with van der Waals surface area (Å²) in [7, 11) is 0. The van der Waals surface area contributed by atoms with E-state index < -0.39 is 0 Å². The SMILES string of the molecule is CCc1cc(S)c2ccsc2c1C#N. The van der Waals surface area contributed by atoms with Crippen molar-refractivity contribution >= 4 is 34.1 Å². The van der Waals surface area contributed by atoms with Crippen molar-refractivity contribution in [3.05, 3.63) is 28.6 Å². The maximum atomic E-state index is 9.09. The van der Waals surface area contributed by atoms with Gasteiger partial charge in [-0.15, -0.1) is 24.0 Å². The predicted octanol–water partition coefficient (Wildman–Crippen LogP) is 3.62. The van der Waals surface area contributed by atoms with Gasteiger partial charge in [0.25, 0.3) is 0 Å². The lowest BCUT2D eigenvalue weighted by atomic mass is 10.0. The van der Waals surface area contributed by atoms with Crippen LogP contribution in [-0.4, -0.2) is 0 Å². The number of nitrogens with zero attached hydrogens (tertiary/aromatic N) is 1. The van der Waals surface area contributed by atoms with Gasteiger partial charge in [-0.3, -0.25) is 0 Å². The van der Waals surface area contributed by atoms with Crippen LogP contribution in [-0.2, 0) is 6.42 Å². The molecule has 0 fully saturated rings. The number of hydrogen-bond donors (Lipinski definition) is 1. The lowest BCUT2D eigenvalue weighted by molar-refractivity contribution is 1.12. The fourth-order valence-corrected chi connectivity index (χ4v) is 2.92. The number of thiophene rings is 1. The number of thiol groups is 1. The third-order valence-electron chi connectivity index (χ3n) is 2.29. The highest BCUT2D eigenvalue weighted by atomic mass is 32.1. The maximum absolute atomic E-state index is 9.09. The molecule has 1 aromatic heterocycles. The fraction of sp³-hybridized carbons (Fsp3) is 0.182. The van der Waals surface area contributed by atoms with E-state index >= 15 is 0 Å². The summed E-state index contributed by atoms with van der Waals surface area (Å²) in [5.74, 6) is 0. The Bertz CT molecular complexity index is 520. The van der Waals surface area contributed by atoms with Crippen molar-refractivity contribution < 1.29 is 0 Å². The van der Waals surface area contributed by atoms with Crippen LogP contribution in [0.3, 0.4) is 0 Å². The zero-order chi connectivity index (χ0) is 10.1. The van der Waals surface area contributed by atoms with E-state index in [1.807, 2.05) is 17.5 Å². The molecule has 0 aliphatic rings. The van der Waals surface area contributed by atoms with Crippen molar-refractivity contribution in [3.63, 3.8) is 0 Å². The molecule has 1 heterocycles. The van der Waals surface area contributed by atoms with Crippen LogP contribution in [0.1, 0.15) is 18.1 Å². The van der Waals surface area contributed by atoms with Crippen molar-refractivity contribution in [2.75, 3.05) is 0 Å². The zero-order valence-corrected chi connectivity index (χ0v) is 9.45. The number of hydrogen-bond acceptors (Lipinski definition) is 3. The van der Waals surface area contributed by atoms with Crippen molar-refractivity contribution in [3.8, 4) is 6.07 Å². The first-order chi connectivity index (χ1) is 6.77. The summed E-state index contributed by atoms with van der Waals surface area (Å²) in [6.07, 6.45) is 0.879. The van der Waals surface area contributed by atoms with E-state index in [2.05, 4.69) is 25.6 Å². The van der Waals surface area contributed by atoms with Gasteiger partial charge in [0.1, 0.15) is 6.07 Å². The normalized spacial score (nSPS) is 10.4. The van der Waals surface area contributed by atoms with E-state index in [4.69, 9.17) is 5.26 Å². The average Bonchev–Trinajstić information content (AvgIpc) is 2.66. The second-order valence-corrected chi connectivity index (χ2v) is 4.46. The minimum absolute atomic E-state index is 0.815. The molecule has 0 spiro atoms. The summed E-state index contributed by atoms with van der Waals surface area (Å²) in [6.45, 7) is 2.06. The molecule has 1 aromatic carbocycles. The smallest absolute Gasteiger partial charge is 0.101 e. The van der Waals surface area contributed by atoms with E-state index in [9.17, 15) is 0 Å². The van der Waals surface area contributed by atoms with Crippen LogP contribution < -0.4 is 0 Å². The average molecular weight is 219 g/mol. The van der Waals surface area contributed by atoms with Gasteiger partial charge >= 0.3 is 0 Å². The van der Waals surface area contributed by atoms with Crippen LogP contribution in [0, 0.1) is 11.3 Å². The summed E-state index contributed by atoms with van der Waals surface area (Å²) in [5.41, 5.74) is 1.91. The molecule has 1 nitrogen and oxygen atoms in total. The lowest BCUT2D eigenvalue weighted by Crippen LogP contribution is -1.88. The van der Waals surface area contributed by atoms with Crippen molar-refractivity contribution in [2.45, 2.75) is 18.2 Å². The van der Waals surface area contributed by atoms with Gasteiger partial charge in [-0.05, 0) is 29.5 Å². The van der Waals surface area contributed by atoms with Gasteiger partial charge < -0.3 is 0 Å². The van der Waals surface area contributed by atoms with E-state index in [1.54, 1.807) is 11.3 Å². The second-order valence-electron chi connectivity index (χ2n) is 3.06. The van der Waals surface area contributed by atoms with Crippen LogP contribution in [0.4, 0.5) is 0 Å². The molecule has 0 aliphatic heterocycles. The van der Waals surface area contributed by atoms with Gasteiger partial charge in [-0.1, -0.05) is 6.92 Å². The summed E-state index contributed by atoms with van der Waals surface area (Å²) >= 11 is 6.03. The molecule has 0 atom stereocenters. The largest absolute Gasteiger partial charge is 0.192 e. The summed E-state index contributed by atoms with van der Waals surface area (Å²) in [5, 5.41) is 12.2. The van der Waals surface area contributed by atoms with Crippen LogP contribution >= 0.6 is 24.0 Å². The van der Waals surface area contributed by atoms with Crippen LogP contribution in [0.2, 0.25) is 0 Å². The molecule has 0 bridgehead atoms. The molecular weight excluding hydrogens is 210 g/mol. The van der Waals surface area contributed by atoms with Gasteiger partial charge in [-0.2, -0.15) is 5.26 Å². The summed E-state index contributed by atoms with van der Waals surface area (Å²) in [4.78, 5) is 0.970. The standard InChI is InChI=1S/C11H9NS2/c1-2-7-5-10(13)8-3-4-14-11(8)9(7)6-12/h3-5,13H,2H2,1H3. The third kappa shape index (κ3) is 1.31. The number of nitriles is 1. The fourth-order valence-electron chi connectivity index (χ4n) is 1.57. The van der Waals surface area contributed by atoms with Gasteiger partial charge in [0, 0.05) is 10.3 Å². The Morgan fingerprint density at radius 1 is 1.57 bits per heavy atom. The first-order valence-electron chi connectivity index (χ1n) is 4.40. The molecule has 0 saturated carbocycles. The Morgan fingerprint density at radius 2 is 2.36 bits per heavy atom. The molecule has 3 heteroatoms. The van der Waals surface area contributed by atoms with E-state index in [0.29, 0.717) is 0 Å². The zero-order valence-electron chi connectivity index (χ0n) is 7.74. The number of benzene rings is 1. The molecule has 14 heavy (non-hydrogen) atoms. The van der Waals surface area contributed by atoms with Gasteiger partial charge in [0.2, 0.25) is 0 Å². The predicted molar refractivity (Wildman–Crippen MR) is 63.2 cm³/mol. The number of rotatable bonds is 1. The maximum Gasteiger partial charge on any atom is 0.101 e. The van der Waals surface area contributed by atoms with Gasteiger partial charge in [0.15, 0.2) is 0 Å². The molecular formula is C11H9NS2. The van der Waals surface area contributed by atoms with Crippen molar-refractivity contribution in [1.82, 2.24) is 0 Å². The lowest BCUT2D eigenvalue weighted by Gasteiger charge is -2.04. The summed E-state index contributed by atoms with van der Waals surface area (Å²) in [6, 6.07) is 6.29. The Labute approximate surface area is 92.4 Å². The van der Waals surface area contributed by atoms with Crippen LogP contribution in [0.15, 0.2) is 22.4 Å². The van der Waals surface area contributed by atoms with Crippen LogP contribution in [0.5, 0.6) is 0 Å². The third-order valence-corrected chi connectivity index (χ3v) is 3.59.